The SMILES string of the molecule is CC(C)(C)c1ccc2nc(-c3ccc(N(c4ccccc4)c4ccc(N(c5ccccc5)c5ccccc5)cc4)cc3)cn2c1. The summed E-state index contributed by atoms with van der Waals surface area (Å²) in [6, 6.07) is 53.3. The predicted octanol–water partition coefficient (Wildman–Crippen LogP) is 11.2. The van der Waals surface area contributed by atoms with E-state index in [9.17, 15) is 0 Å². The van der Waals surface area contributed by atoms with Gasteiger partial charge in [0.1, 0.15) is 5.65 Å². The molecule has 7 aromatic rings. The van der Waals surface area contributed by atoms with E-state index in [4.69, 9.17) is 4.98 Å². The Morgan fingerprint density at radius 1 is 0.444 bits per heavy atom. The third-order valence-corrected chi connectivity index (χ3v) is 8.15. The molecule has 7 rings (SSSR count). The molecular weight excluding hydrogens is 548 g/mol. The standard InChI is InChI=1S/C41H36N4/c1-41(2,3)32-21-28-40-42-39(30-43(40)29-32)31-19-22-36(23-20-31)45(35-17-11-6-12-18-35)38-26-24-37(25-27-38)44(33-13-7-4-8-14-33)34-15-9-5-10-16-34/h4-30H,1-3H3. The van der Waals surface area contributed by atoms with Gasteiger partial charge in [0, 0.05) is 52.1 Å². The molecule has 0 atom stereocenters. The summed E-state index contributed by atoms with van der Waals surface area (Å²) in [6.07, 6.45) is 4.32. The molecule has 4 heteroatoms. The van der Waals surface area contributed by atoms with Gasteiger partial charge in [0.25, 0.3) is 0 Å². The second-order valence-electron chi connectivity index (χ2n) is 12.3. The lowest BCUT2D eigenvalue weighted by atomic mass is 9.88. The fourth-order valence-corrected chi connectivity index (χ4v) is 5.73. The van der Waals surface area contributed by atoms with Crippen LogP contribution in [-0.4, -0.2) is 9.38 Å². The van der Waals surface area contributed by atoms with E-state index in [1.807, 2.05) is 0 Å². The Labute approximate surface area is 265 Å². The van der Waals surface area contributed by atoms with Crippen LogP contribution in [0, 0.1) is 0 Å². The first kappa shape index (κ1) is 28.2. The summed E-state index contributed by atoms with van der Waals surface area (Å²) in [4.78, 5) is 9.49. The van der Waals surface area contributed by atoms with Crippen molar-refractivity contribution in [3.05, 3.63) is 170 Å². The lowest BCUT2D eigenvalue weighted by Crippen LogP contribution is -2.12. The minimum absolute atomic E-state index is 0.0841. The maximum absolute atomic E-state index is 4.92. The van der Waals surface area contributed by atoms with Crippen molar-refractivity contribution in [2.24, 2.45) is 0 Å². The molecule has 0 bridgehead atoms. The molecule has 0 N–H and O–H groups in total. The van der Waals surface area contributed by atoms with E-state index in [1.54, 1.807) is 0 Å². The van der Waals surface area contributed by atoms with Gasteiger partial charge in [-0.05, 0) is 89.8 Å². The van der Waals surface area contributed by atoms with E-state index in [1.165, 1.54) is 5.56 Å². The van der Waals surface area contributed by atoms with Crippen molar-refractivity contribution in [3.63, 3.8) is 0 Å². The van der Waals surface area contributed by atoms with Crippen LogP contribution in [0.25, 0.3) is 16.9 Å². The summed E-state index contributed by atoms with van der Waals surface area (Å²) < 4.78 is 2.13. The van der Waals surface area contributed by atoms with Crippen molar-refractivity contribution in [1.29, 1.82) is 0 Å². The van der Waals surface area contributed by atoms with E-state index < -0.39 is 0 Å². The number of hydrogen-bond donors (Lipinski definition) is 0. The quantitative estimate of drug-likeness (QED) is 0.186. The Bertz CT molecular complexity index is 1970. The van der Waals surface area contributed by atoms with Gasteiger partial charge < -0.3 is 14.2 Å². The number of nitrogens with zero attached hydrogens (tertiary/aromatic N) is 4. The molecule has 2 aromatic heterocycles. The second-order valence-corrected chi connectivity index (χ2v) is 12.3. The van der Waals surface area contributed by atoms with Gasteiger partial charge in [-0.1, -0.05) is 93.6 Å². The molecule has 2 heterocycles. The van der Waals surface area contributed by atoms with Gasteiger partial charge in [-0.15, -0.1) is 0 Å². The summed E-state index contributed by atoms with van der Waals surface area (Å²) in [6.45, 7) is 6.71. The van der Waals surface area contributed by atoms with E-state index >= 15 is 0 Å². The molecule has 4 nitrogen and oxygen atoms in total. The Morgan fingerprint density at radius 2 is 0.844 bits per heavy atom. The van der Waals surface area contributed by atoms with Crippen LogP contribution < -0.4 is 9.80 Å². The highest BCUT2D eigenvalue weighted by Crippen LogP contribution is 2.39. The number of imidazole rings is 1. The number of anilines is 6. The van der Waals surface area contributed by atoms with E-state index in [2.05, 4.69) is 199 Å². The summed E-state index contributed by atoms with van der Waals surface area (Å²) in [5.74, 6) is 0. The van der Waals surface area contributed by atoms with Crippen molar-refractivity contribution in [2.75, 3.05) is 9.80 Å². The summed E-state index contributed by atoms with van der Waals surface area (Å²) in [7, 11) is 0. The number of pyridine rings is 1. The van der Waals surface area contributed by atoms with E-state index in [-0.39, 0.29) is 5.41 Å². The van der Waals surface area contributed by atoms with Crippen molar-refractivity contribution in [3.8, 4) is 11.3 Å². The van der Waals surface area contributed by atoms with Crippen molar-refractivity contribution < 1.29 is 0 Å². The van der Waals surface area contributed by atoms with Crippen LogP contribution in [-0.2, 0) is 5.41 Å². The van der Waals surface area contributed by atoms with Gasteiger partial charge in [-0.25, -0.2) is 4.98 Å². The van der Waals surface area contributed by atoms with Gasteiger partial charge >= 0.3 is 0 Å². The molecule has 5 aromatic carbocycles. The van der Waals surface area contributed by atoms with Crippen LogP contribution in [0.4, 0.5) is 34.1 Å². The van der Waals surface area contributed by atoms with Crippen molar-refractivity contribution in [1.82, 2.24) is 9.38 Å². The number of rotatable bonds is 7. The summed E-state index contributed by atoms with van der Waals surface area (Å²) in [5, 5.41) is 0. The highest BCUT2D eigenvalue weighted by atomic mass is 15.2. The van der Waals surface area contributed by atoms with Gasteiger partial charge in [0.05, 0.1) is 5.69 Å². The van der Waals surface area contributed by atoms with Gasteiger partial charge in [-0.3, -0.25) is 0 Å². The maximum Gasteiger partial charge on any atom is 0.137 e. The summed E-state index contributed by atoms with van der Waals surface area (Å²) >= 11 is 0. The zero-order valence-electron chi connectivity index (χ0n) is 25.9. The lowest BCUT2D eigenvalue weighted by molar-refractivity contribution is 0.586. The van der Waals surface area contributed by atoms with Crippen LogP contribution in [0.2, 0.25) is 0 Å². The second kappa shape index (κ2) is 11.8. The van der Waals surface area contributed by atoms with Gasteiger partial charge in [-0.2, -0.15) is 0 Å². The number of benzene rings is 5. The molecule has 220 valence electrons. The predicted molar refractivity (Wildman–Crippen MR) is 189 cm³/mol. The molecule has 0 spiro atoms. The van der Waals surface area contributed by atoms with E-state index in [0.29, 0.717) is 0 Å². The van der Waals surface area contributed by atoms with Crippen LogP contribution in [0.15, 0.2) is 164 Å². The highest BCUT2D eigenvalue weighted by molar-refractivity contribution is 5.81. The Morgan fingerprint density at radius 3 is 1.27 bits per heavy atom. The largest absolute Gasteiger partial charge is 0.311 e. The molecular formula is C41H36N4. The normalized spacial score (nSPS) is 11.4. The zero-order valence-corrected chi connectivity index (χ0v) is 25.9. The monoisotopic (exact) mass is 584 g/mol. The molecule has 45 heavy (non-hydrogen) atoms. The number of aromatic nitrogens is 2. The molecule has 0 saturated heterocycles. The fourth-order valence-electron chi connectivity index (χ4n) is 5.73. The molecule has 0 radical (unpaired) electrons. The highest BCUT2D eigenvalue weighted by Gasteiger charge is 2.17. The zero-order chi connectivity index (χ0) is 30.8. The topological polar surface area (TPSA) is 23.8 Å². The van der Waals surface area contributed by atoms with Gasteiger partial charge in [0.2, 0.25) is 0 Å². The average molecular weight is 585 g/mol. The molecule has 0 aliphatic heterocycles. The molecule has 0 fully saturated rings. The molecule has 0 aliphatic rings. The van der Waals surface area contributed by atoms with Crippen LogP contribution in [0.5, 0.6) is 0 Å². The van der Waals surface area contributed by atoms with Crippen molar-refractivity contribution in [2.45, 2.75) is 26.2 Å². The minimum Gasteiger partial charge on any atom is -0.311 e. The number of fused-ring (bicyclic) bond motifs is 1. The third-order valence-electron chi connectivity index (χ3n) is 8.15. The van der Waals surface area contributed by atoms with Crippen LogP contribution >= 0.6 is 0 Å². The maximum atomic E-state index is 4.92. The average Bonchev–Trinajstić information content (AvgIpc) is 3.51. The van der Waals surface area contributed by atoms with Crippen LogP contribution in [0.3, 0.4) is 0 Å². The molecule has 0 unspecified atom stereocenters. The molecule has 0 amide bonds. The fraction of sp³-hybridized carbons (Fsp3) is 0.0976. The number of para-hydroxylation sites is 3. The Hall–Kier alpha value is -5.61. The first-order valence-corrected chi connectivity index (χ1v) is 15.4. The van der Waals surface area contributed by atoms with E-state index in [0.717, 1.165) is 51.0 Å². The number of hydrogen-bond acceptors (Lipinski definition) is 3. The molecule has 0 saturated carbocycles. The van der Waals surface area contributed by atoms with Gasteiger partial charge in [0.15, 0.2) is 0 Å². The van der Waals surface area contributed by atoms with Crippen LogP contribution in [0.1, 0.15) is 26.3 Å². The lowest BCUT2D eigenvalue weighted by Gasteiger charge is -2.28. The first-order chi connectivity index (χ1) is 21.9. The molecule has 0 aliphatic carbocycles. The summed E-state index contributed by atoms with van der Waals surface area (Å²) in [5.41, 5.74) is 11.0. The van der Waals surface area contributed by atoms with Crippen molar-refractivity contribution >= 4 is 39.8 Å². The minimum atomic E-state index is 0.0841. The smallest absolute Gasteiger partial charge is 0.137 e. The Kier molecular flexibility index (Phi) is 7.40. The third kappa shape index (κ3) is 5.83. The Balaban J connectivity index is 1.23. The first-order valence-electron chi connectivity index (χ1n) is 15.4.